The zero-order valence-corrected chi connectivity index (χ0v) is 19.6. The van der Waals surface area contributed by atoms with E-state index < -0.39 is 0 Å². The van der Waals surface area contributed by atoms with Gasteiger partial charge in [-0.1, -0.05) is 11.6 Å². The highest BCUT2D eigenvalue weighted by atomic mass is 79.9. The Balaban J connectivity index is 1.88. The third-order valence-corrected chi connectivity index (χ3v) is 6.75. The fraction of sp³-hybridized carbons (Fsp3) is 0.400. The molecule has 0 bridgehead atoms. The summed E-state index contributed by atoms with van der Waals surface area (Å²) in [5, 5.41) is 11.2. The highest BCUT2D eigenvalue weighted by Crippen LogP contribution is 2.38. The SMILES string of the molecule is Cc1nc(N2CCC(CO)CC2)c2c(C)cn(-c3c(Br)cc(Cl)cc3Br)c2n1. The van der Waals surface area contributed by atoms with Crippen molar-refractivity contribution in [2.24, 2.45) is 5.92 Å². The van der Waals surface area contributed by atoms with E-state index in [4.69, 9.17) is 21.6 Å². The molecule has 2 aromatic heterocycles. The molecule has 3 aromatic rings. The van der Waals surface area contributed by atoms with Gasteiger partial charge in [0.15, 0.2) is 5.65 Å². The van der Waals surface area contributed by atoms with Crippen molar-refractivity contribution in [2.45, 2.75) is 26.7 Å². The second kappa shape index (κ2) is 7.94. The molecule has 1 saturated heterocycles. The van der Waals surface area contributed by atoms with Crippen LogP contribution in [0.25, 0.3) is 16.7 Å². The van der Waals surface area contributed by atoms with E-state index in [0.29, 0.717) is 10.9 Å². The molecule has 1 aromatic carbocycles. The fourth-order valence-electron chi connectivity index (χ4n) is 3.88. The molecule has 8 heteroatoms. The number of aryl methyl sites for hydroxylation is 2. The molecule has 4 rings (SSSR count). The Hall–Kier alpha value is -1.15. The molecule has 28 heavy (non-hydrogen) atoms. The monoisotopic (exact) mass is 526 g/mol. The molecule has 0 atom stereocenters. The average Bonchev–Trinajstić information content (AvgIpc) is 2.96. The maximum absolute atomic E-state index is 9.44. The van der Waals surface area contributed by atoms with Gasteiger partial charge in [0.25, 0.3) is 0 Å². The molecule has 0 unspecified atom stereocenters. The number of nitrogens with zero attached hydrogens (tertiary/aromatic N) is 4. The zero-order valence-electron chi connectivity index (χ0n) is 15.7. The van der Waals surface area contributed by atoms with Crippen molar-refractivity contribution in [1.82, 2.24) is 14.5 Å². The molecular weight excluding hydrogens is 508 g/mol. The van der Waals surface area contributed by atoms with E-state index in [1.165, 1.54) is 0 Å². The number of halogens is 3. The van der Waals surface area contributed by atoms with E-state index in [9.17, 15) is 5.11 Å². The van der Waals surface area contributed by atoms with Crippen molar-refractivity contribution in [3.63, 3.8) is 0 Å². The summed E-state index contributed by atoms with van der Waals surface area (Å²) in [5.74, 6) is 2.12. The summed E-state index contributed by atoms with van der Waals surface area (Å²) >= 11 is 13.5. The minimum absolute atomic E-state index is 0.264. The molecule has 0 amide bonds. The van der Waals surface area contributed by atoms with Crippen LogP contribution in [0, 0.1) is 19.8 Å². The van der Waals surface area contributed by atoms with Crippen LogP contribution in [0.3, 0.4) is 0 Å². The molecule has 1 aliphatic rings. The van der Waals surface area contributed by atoms with Gasteiger partial charge in [0.2, 0.25) is 0 Å². The molecule has 1 N–H and O–H groups in total. The molecule has 5 nitrogen and oxygen atoms in total. The lowest BCUT2D eigenvalue weighted by molar-refractivity contribution is 0.203. The second-order valence-corrected chi connectivity index (χ2v) is 9.45. The Labute approximate surface area is 186 Å². The van der Waals surface area contributed by atoms with Crippen molar-refractivity contribution >= 4 is 60.3 Å². The number of hydrogen-bond acceptors (Lipinski definition) is 4. The molecule has 3 heterocycles. The number of hydrogen-bond donors (Lipinski definition) is 1. The number of anilines is 1. The number of benzene rings is 1. The van der Waals surface area contributed by atoms with Crippen LogP contribution >= 0.6 is 43.5 Å². The van der Waals surface area contributed by atoms with Gasteiger partial charge in [0.1, 0.15) is 11.6 Å². The normalized spacial score (nSPS) is 15.6. The van der Waals surface area contributed by atoms with Crippen molar-refractivity contribution < 1.29 is 5.11 Å². The predicted molar refractivity (Wildman–Crippen MR) is 121 cm³/mol. The Morgan fingerprint density at radius 3 is 2.39 bits per heavy atom. The third kappa shape index (κ3) is 3.58. The minimum Gasteiger partial charge on any atom is -0.396 e. The Morgan fingerprint density at radius 1 is 1.14 bits per heavy atom. The quantitative estimate of drug-likeness (QED) is 0.493. The molecule has 0 spiro atoms. The van der Waals surface area contributed by atoms with Gasteiger partial charge in [-0.05, 0) is 82.2 Å². The van der Waals surface area contributed by atoms with Crippen LogP contribution in [0.2, 0.25) is 5.02 Å². The predicted octanol–water partition coefficient (Wildman–Crippen LogP) is 5.42. The number of aliphatic hydroxyl groups excluding tert-OH is 1. The number of fused-ring (bicyclic) bond motifs is 1. The molecule has 0 saturated carbocycles. The van der Waals surface area contributed by atoms with Gasteiger partial charge >= 0.3 is 0 Å². The van der Waals surface area contributed by atoms with Gasteiger partial charge < -0.3 is 10.0 Å². The van der Waals surface area contributed by atoms with Crippen LogP contribution in [0.5, 0.6) is 0 Å². The standard InChI is InChI=1S/C20H21Br2ClN4O/c1-11-9-27(18-15(21)7-14(23)8-16(18)22)20-17(11)19(24-12(2)25-20)26-5-3-13(10-28)4-6-26/h7-9,13,28H,3-6,10H2,1-2H3. The van der Waals surface area contributed by atoms with E-state index in [0.717, 1.165) is 68.8 Å². The molecule has 0 aliphatic carbocycles. The first-order valence-corrected chi connectivity index (χ1v) is 11.2. The van der Waals surface area contributed by atoms with Crippen LogP contribution in [0.4, 0.5) is 5.82 Å². The maximum atomic E-state index is 9.44. The largest absolute Gasteiger partial charge is 0.396 e. The van der Waals surface area contributed by atoms with Crippen molar-refractivity contribution in [3.8, 4) is 5.69 Å². The summed E-state index contributed by atoms with van der Waals surface area (Å²) < 4.78 is 3.88. The van der Waals surface area contributed by atoms with E-state index in [-0.39, 0.29) is 6.61 Å². The van der Waals surface area contributed by atoms with Crippen molar-refractivity contribution in [1.29, 1.82) is 0 Å². The summed E-state index contributed by atoms with van der Waals surface area (Å²) in [5.41, 5.74) is 2.97. The lowest BCUT2D eigenvalue weighted by Crippen LogP contribution is -2.35. The summed E-state index contributed by atoms with van der Waals surface area (Å²) in [6.45, 7) is 6.09. The second-order valence-electron chi connectivity index (χ2n) is 7.31. The van der Waals surface area contributed by atoms with E-state index in [1.807, 2.05) is 19.1 Å². The Kier molecular flexibility index (Phi) is 5.71. The van der Waals surface area contributed by atoms with Gasteiger partial charge in [-0.3, -0.25) is 4.57 Å². The first-order chi connectivity index (χ1) is 13.4. The third-order valence-electron chi connectivity index (χ3n) is 5.32. The number of piperidine rings is 1. The molecular formula is C20H21Br2ClN4O. The van der Waals surface area contributed by atoms with Crippen LogP contribution in [-0.2, 0) is 0 Å². The first kappa shape index (κ1) is 20.1. The van der Waals surface area contributed by atoms with Crippen LogP contribution in [0.15, 0.2) is 27.3 Å². The summed E-state index contributed by atoms with van der Waals surface area (Å²) in [7, 11) is 0. The van der Waals surface area contributed by atoms with E-state index >= 15 is 0 Å². The number of aliphatic hydroxyl groups is 1. The molecule has 1 fully saturated rings. The summed E-state index contributed by atoms with van der Waals surface area (Å²) in [6, 6.07) is 3.77. The zero-order chi connectivity index (χ0) is 20.0. The molecule has 148 valence electrons. The molecule has 0 radical (unpaired) electrons. The van der Waals surface area contributed by atoms with Crippen molar-refractivity contribution in [3.05, 3.63) is 43.7 Å². The van der Waals surface area contributed by atoms with Gasteiger partial charge in [0.05, 0.1) is 11.1 Å². The van der Waals surface area contributed by atoms with Gasteiger partial charge in [-0.2, -0.15) is 0 Å². The summed E-state index contributed by atoms with van der Waals surface area (Å²) in [6.07, 6.45) is 4.06. The van der Waals surface area contributed by atoms with Gasteiger partial charge in [0, 0.05) is 39.9 Å². The lowest BCUT2D eigenvalue weighted by atomic mass is 9.98. The highest BCUT2D eigenvalue weighted by molar-refractivity contribution is 9.11. The van der Waals surface area contributed by atoms with Crippen LogP contribution in [0.1, 0.15) is 24.2 Å². The van der Waals surface area contributed by atoms with Crippen LogP contribution < -0.4 is 4.90 Å². The van der Waals surface area contributed by atoms with Crippen LogP contribution in [-0.4, -0.2) is 39.3 Å². The lowest BCUT2D eigenvalue weighted by Gasteiger charge is -2.32. The molecule has 1 aliphatic heterocycles. The minimum atomic E-state index is 0.264. The number of aromatic nitrogens is 3. The van der Waals surface area contributed by atoms with E-state index in [2.05, 4.69) is 54.4 Å². The summed E-state index contributed by atoms with van der Waals surface area (Å²) in [4.78, 5) is 11.9. The smallest absolute Gasteiger partial charge is 0.150 e. The Morgan fingerprint density at radius 2 is 1.79 bits per heavy atom. The topological polar surface area (TPSA) is 54.2 Å². The maximum Gasteiger partial charge on any atom is 0.150 e. The number of rotatable bonds is 3. The van der Waals surface area contributed by atoms with Gasteiger partial charge in [-0.25, -0.2) is 9.97 Å². The first-order valence-electron chi connectivity index (χ1n) is 9.26. The van der Waals surface area contributed by atoms with Gasteiger partial charge in [-0.15, -0.1) is 0 Å². The Bertz CT molecular complexity index is 1020. The van der Waals surface area contributed by atoms with E-state index in [1.54, 1.807) is 0 Å². The highest BCUT2D eigenvalue weighted by Gasteiger charge is 2.25. The van der Waals surface area contributed by atoms with Crippen molar-refractivity contribution in [2.75, 3.05) is 24.6 Å². The fourth-order valence-corrected chi connectivity index (χ4v) is 5.93. The average molecular weight is 529 g/mol.